The van der Waals surface area contributed by atoms with Crippen LogP contribution >= 0.6 is 11.6 Å². The Hall–Kier alpha value is -2.43. The molecule has 0 aromatic heterocycles. The molecule has 0 fully saturated rings. The fourth-order valence-electron chi connectivity index (χ4n) is 2.71. The monoisotopic (exact) mass is 476 g/mol. The zero-order valence-corrected chi connectivity index (χ0v) is 19.0. The third kappa shape index (κ3) is 6.05. The first-order valence-corrected chi connectivity index (χ1v) is 11.0. The van der Waals surface area contributed by atoms with E-state index in [0.29, 0.717) is 5.56 Å². The van der Waals surface area contributed by atoms with Crippen molar-refractivity contribution in [1.82, 2.24) is 9.21 Å². The van der Waals surface area contributed by atoms with Gasteiger partial charge < -0.3 is 14.4 Å². The summed E-state index contributed by atoms with van der Waals surface area (Å²) in [5.41, 5.74) is 0.742. The summed E-state index contributed by atoms with van der Waals surface area (Å²) < 4.78 is 60.8. The summed E-state index contributed by atoms with van der Waals surface area (Å²) in [4.78, 5) is 14.0. The van der Waals surface area contributed by atoms with Crippen LogP contribution in [0.15, 0.2) is 41.3 Å². The van der Waals surface area contributed by atoms with Crippen molar-refractivity contribution in [2.75, 3.05) is 27.7 Å². The minimum absolute atomic E-state index is 0.00359. The summed E-state index contributed by atoms with van der Waals surface area (Å²) >= 11 is 6.03. The van der Waals surface area contributed by atoms with Crippen molar-refractivity contribution in [2.45, 2.75) is 25.0 Å². The number of alkyl halides is 2. The van der Waals surface area contributed by atoms with Crippen molar-refractivity contribution in [2.24, 2.45) is 0 Å². The lowest BCUT2D eigenvalue weighted by atomic mass is 10.1. The maximum Gasteiger partial charge on any atom is 0.387 e. The lowest BCUT2D eigenvalue weighted by molar-refractivity contribution is -0.0514. The largest absolute Gasteiger partial charge is 0.490 e. The number of carbonyl (C=O) groups is 1. The zero-order chi connectivity index (χ0) is 23.3. The summed E-state index contributed by atoms with van der Waals surface area (Å²) in [6, 6.07) is 8.39. The molecular formula is C20H23ClF2N2O5S. The summed E-state index contributed by atoms with van der Waals surface area (Å²) in [6.07, 6.45) is 0. The molecule has 0 aliphatic heterocycles. The molecule has 11 heteroatoms. The van der Waals surface area contributed by atoms with Crippen molar-refractivity contribution < 1.29 is 31.5 Å². The van der Waals surface area contributed by atoms with Gasteiger partial charge in [0.2, 0.25) is 10.0 Å². The topological polar surface area (TPSA) is 76.2 Å². The SMILES string of the molecule is CCOc1cc(CN(C)C(=O)c2ccc(Cl)c(S(=O)(=O)N(C)C)c2)ccc1OC(F)F. The predicted molar refractivity (Wildman–Crippen MR) is 112 cm³/mol. The predicted octanol–water partition coefficient (Wildman–Crippen LogP) is 3.86. The smallest absolute Gasteiger partial charge is 0.387 e. The van der Waals surface area contributed by atoms with Crippen LogP contribution in [0.25, 0.3) is 0 Å². The number of benzene rings is 2. The van der Waals surface area contributed by atoms with Gasteiger partial charge in [0.15, 0.2) is 11.5 Å². The molecule has 0 N–H and O–H groups in total. The highest BCUT2D eigenvalue weighted by atomic mass is 35.5. The molecule has 170 valence electrons. The second-order valence-electron chi connectivity index (χ2n) is 6.69. The Balaban J connectivity index is 2.28. The Bertz CT molecular complexity index is 1050. The number of carbonyl (C=O) groups excluding carboxylic acids is 1. The van der Waals surface area contributed by atoms with Gasteiger partial charge in [-0.15, -0.1) is 0 Å². The Morgan fingerprint density at radius 3 is 2.35 bits per heavy atom. The molecule has 0 heterocycles. The van der Waals surface area contributed by atoms with Gasteiger partial charge in [0.1, 0.15) is 4.90 Å². The summed E-state index contributed by atoms with van der Waals surface area (Å²) in [5.74, 6) is -0.421. The van der Waals surface area contributed by atoms with Crippen LogP contribution in [0.4, 0.5) is 8.78 Å². The minimum atomic E-state index is -3.84. The van der Waals surface area contributed by atoms with Gasteiger partial charge >= 0.3 is 6.61 Å². The molecule has 2 rings (SSSR count). The average Bonchev–Trinajstić information content (AvgIpc) is 2.69. The van der Waals surface area contributed by atoms with E-state index in [1.807, 2.05) is 0 Å². The van der Waals surface area contributed by atoms with Gasteiger partial charge in [-0.1, -0.05) is 17.7 Å². The first kappa shape index (κ1) is 24.8. The van der Waals surface area contributed by atoms with Crippen molar-refractivity contribution in [3.63, 3.8) is 0 Å². The lowest BCUT2D eigenvalue weighted by Crippen LogP contribution is -2.27. The number of rotatable bonds is 9. The van der Waals surface area contributed by atoms with Crippen LogP contribution in [0.1, 0.15) is 22.8 Å². The van der Waals surface area contributed by atoms with Crippen molar-refractivity contribution >= 4 is 27.5 Å². The third-order valence-electron chi connectivity index (χ3n) is 4.23. The van der Waals surface area contributed by atoms with E-state index in [2.05, 4.69) is 4.74 Å². The molecular weight excluding hydrogens is 454 g/mol. The molecule has 0 aliphatic rings. The van der Waals surface area contributed by atoms with Crippen molar-refractivity contribution in [1.29, 1.82) is 0 Å². The number of sulfonamides is 1. The molecule has 0 bridgehead atoms. The van der Waals surface area contributed by atoms with Gasteiger partial charge in [0, 0.05) is 33.3 Å². The molecule has 0 atom stereocenters. The number of ether oxygens (including phenoxy) is 2. The van der Waals surface area contributed by atoms with Gasteiger partial charge in [-0.25, -0.2) is 12.7 Å². The Labute approximate surface area is 185 Å². The fourth-order valence-corrected chi connectivity index (χ4v) is 4.10. The molecule has 2 aromatic rings. The highest BCUT2D eigenvalue weighted by Gasteiger charge is 2.23. The number of halogens is 3. The maximum atomic E-state index is 12.9. The molecule has 31 heavy (non-hydrogen) atoms. The summed E-state index contributed by atoms with van der Waals surface area (Å²) in [5, 5.41) is 0.00359. The first-order valence-electron chi connectivity index (χ1n) is 9.15. The molecule has 0 saturated heterocycles. The van der Waals surface area contributed by atoms with Crippen LogP contribution in [0.5, 0.6) is 11.5 Å². The molecule has 0 radical (unpaired) electrons. The summed E-state index contributed by atoms with van der Waals surface area (Å²) in [7, 11) is 0.422. The first-order chi connectivity index (χ1) is 14.5. The van der Waals surface area contributed by atoms with Crippen LogP contribution in [0.2, 0.25) is 5.02 Å². The van der Waals surface area contributed by atoms with Gasteiger partial charge in [0.05, 0.1) is 11.6 Å². The molecule has 0 aliphatic carbocycles. The van der Waals surface area contributed by atoms with Crippen LogP contribution in [0, 0.1) is 0 Å². The van der Waals surface area contributed by atoms with E-state index in [0.717, 1.165) is 4.31 Å². The highest BCUT2D eigenvalue weighted by Crippen LogP contribution is 2.31. The third-order valence-corrected chi connectivity index (χ3v) is 6.52. The average molecular weight is 477 g/mol. The van der Waals surface area contributed by atoms with Gasteiger partial charge in [-0.05, 0) is 42.8 Å². The van der Waals surface area contributed by atoms with Gasteiger partial charge in [0.25, 0.3) is 5.91 Å². The van der Waals surface area contributed by atoms with Crippen LogP contribution < -0.4 is 9.47 Å². The summed E-state index contributed by atoms with van der Waals surface area (Å²) in [6.45, 7) is -0.932. The molecule has 1 amide bonds. The highest BCUT2D eigenvalue weighted by molar-refractivity contribution is 7.89. The maximum absolute atomic E-state index is 12.9. The van der Waals surface area contributed by atoms with E-state index in [9.17, 15) is 22.0 Å². The van der Waals surface area contributed by atoms with E-state index in [-0.39, 0.29) is 40.1 Å². The number of amides is 1. The van der Waals surface area contributed by atoms with E-state index in [4.69, 9.17) is 16.3 Å². The fraction of sp³-hybridized carbons (Fsp3) is 0.350. The molecule has 7 nitrogen and oxygen atoms in total. The van der Waals surface area contributed by atoms with Crippen molar-refractivity contribution in [3.05, 3.63) is 52.5 Å². The normalized spacial score (nSPS) is 11.6. The van der Waals surface area contributed by atoms with E-state index in [1.54, 1.807) is 6.92 Å². The van der Waals surface area contributed by atoms with E-state index < -0.39 is 22.5 Å². The second-order valence-corrected chi connectivity index (χ2v) is 9.21. The molecule has 0 unspecified atom stereocenters. The molecule has 2 aromatic carbocycles. The van der Waals surface area contributed by atoms with Crippen LogP contribution in [-0.2, 0) is 16.6 Å². The zero-order valence-electron chi connectivity index (χ0n) is 17.4. The van der Waals surface area contributed by atoms with Gasteiger partial charge in [-0.2, -0.15) is 8.78 Å². The quantitative estimate of drug-likeness (QED) is 0.549. The van der Waals surface area contributed by atoms with Crippen molar-refractivity contribution in [3.8, 4) is 11.5 Å². The lowest BCUT2D eigenvalue weighted by Gasteiger charge is -2.20. The number of hydrogen-bond donors (Lipinski definition) is 0. The number of hydrogen-bond acceptors (Lipinski definition) is 5. The van der Waals surface area contributed by atoms with E-state index in [1.165, 1.54) is 62.4 Å². The Kier molecular flexibility index (Phi) is 8.21. The van der Waals surface area contributed by atoms with Crippen LogP contribution in [-0.4, -0.2) is 57.9 Å². The second kappa shape index (κ2) is 10.3. The Morgan fingerprint density at radius 2 is 1.77 bits per heavy atom. The Morgan fingerprint density at radius 1 is 1.10 bits per heavy atom. The molecule has 0 spiro atoms. The van der Waals surface area contributed by atoms with Gasteiger partial charge in [-0.3, -0.25) is 4.79 Å². The van der Waals surface area contributed by atoms with E-state index >= 15 is 0 Å². The number of nitrogens with zero attached hydrogens (tertiary/aromatic N) is 2. The molecule has 0 saturated carbocycles. The van der Waals surface area contributed by atoms with Crippen LogP contribution in [0.3, 0.4) is 0 Å². The standard InChI is InChI=1S/C20H23ClF2N2O5S/c1-5-29-17-10-13(6-9-16(17)30-20(22)23)12-25(4)19(26)14-7-8-15(21)18(11-14)31(27,28)24(2)3/h6-11,20H,5,12H2,1-4H3. The minimum Gasteiger partial charge on any atom is -0.490 e.